The van der Waals surface area contributed by atoms with Crippen molar-refractivity contribution in [2.24, 2.45) is 11.1 Å². The summed E-state index contributed by atoms with van der Waals surface area (Å²) in [5, 5.41) is 2.96. The maximum atomic E-state index is 12.2. The number of hydrogen-bond donors (Lipinski definition) is 3. The Bertz CT molecular complexity index is 335. The van der Waals surface area contributed by atoms with Gasteiger partial charge in [0.1, 0.15) is 5.82 Å². The molecule has 96 valence electrons. The van der Waals surface area contributed by atoms with Gasteiger partial charge in [-0.2, -0.15) is 0 Å². The minimum atomic E-state index is -0.457. The van der Waals surface area contributed by atoms with Crippen LogP contribution in [0.1, 0.15) is 45.5 Å². The Balaban J connectivity index is 2.71. The average Bonchev–Trinajstić information content (AvgIpc) is 2.85. The van der Waals surface area contributed by atoms with Crippen LogP contribution in [-0.2, 0) is 4.79 Å². The fourth-order valence-corrected chi connectivity index (χ4v) is 1.88. The lowest BCUT2D eigenvalue weighted by atomic mass is 9.81. The van der Waals surface area contributed by atoms with Gasteiger partial charge in [-0.15, -0.1) is 0 Å². The molecule has 4 N–H and O–H groups in total. The maximum Gasteiger partial charge on any atom is 0.228 e. The number of imidazole rings is 1. The number of aromatic nitrogens is 2. The highest BCUT2D eigenvalue weighted by Gasteiger charge is 2.34. The third-order valence-corrected chi connectivity index (χ3v) is 3.50. The Hall–Kier alpha value is -1.36. The molecule has 0 aliphatic carbocycles. The lowest BCUT2D eigenvalue weighted by Gasteiger charge is -2.29. The van der Waals surface area contributed by atoms with Gasteiger partial charge in [0.15, 0.2) is 0 Å². The van der Waals surface area contributed by atoms with Crippen LogP contribution in [0.15, 0.2) is 12.4 Å². The Labute approximate surface area is 102 Å². The van der Waals surface area contributed by atoms with Crippen LogP contribution in [0.5, 0.6) is 0 Å². The number of nitrogens with one attached hydrogen (secondary N) is 2. The van der Waals surface area contributed by atoms with E-state index in [1.165, 1.54) is 0 Å². The highest BCUT2D eigenvalue weighted by Crippen LogP contribution is 2.26. The Morgan fingerprint density at radius 3 is 2.65 bits per heavy atom. The van der Waals surface area contributed by atoms with E-state index in [0.29, 0.717) is 6.54 Å². The van der Waals surface area contributed by atoms with Crippen LogP contribution in [0.25, 0.3) is 0 Å². The summed E-state index contributed by atoms with van der Waals surface area (Å²) in [5.74, 6) is 0.769. The third-order valence-electron chi connectivity index (χ3n) is 3.50. The van der Waals surface area contributed by atoms with Crippen molar-refractivity contribution in [2.75, 3.05) is 6.54 Å². The van der Waals surface area contributed by atoms with Crippen molar-refractivity contribution in [2.45, 2.75) is 39.7 Å². The van der Waals surface area contributed by atoms with Crippen LogP contribution in [0, 0.1) is 5.41 Å². The predicted molar refractivity (Wildman–Crippen MR) is 67.2 cm³/mol. The van der Waals surface area contributed by atoms with Gasteiger partial charge < -0.3 is 16.0 Å². The molecule has 0 saturated carbocycles. The number of aromatic amines is 1. The summed E-state index contributed by atoms with van der Waals surface area (Å²) in [5.41, 5.74) is 5.28. The fraction of sp³-hybridized carbons (Fsp3) is 0.667. The summed E-state index contributed by atoms with van der Waals surface area (Å²) < 4.78 is 0. The maximum absolute atomic E-state index is 12.2. The minimum absolute atomic E-state index is 0.00824. The molecule has 0 fully saturated rings. The largest absolute Gasteiger partial charge is 0.347 e. The zero-order valence-electron chi connectivity index (χ0n) is 10.8. The topological polar surface area (TPSA) is 83.8 Å². The molecule has 1 aromatic rings. The monoisotopic (exact) mass is 238 g/mol. The minimum Gasteiger partial charge on any atom is -0.347 e. The number of rotatable bonds is 6. The van der Waals surface area contributed by atoms with Gasteiger partial charge in [0.05, 0.1) is 11.5 Å². The normalized spacial score (nSPS) is 13.4. The molecule has 5 nitrogen and oxygen atoms in total. The van der Waals surface area contributed by atoms with E-state index in [2.05, 4.69) is 15.3 Å². The van der Waals surface area contributed by atoms with Crippen LogP contribution in [0.4, 0.5) is 0 Å². The SMILES string of the molecule is CCC(CC)(CN)C(=O)NC(C)c1ncc[nH]1. The van der Waals surface area contributed by atoms with Crippen molar-refractivity contribution >= 4 is 5.91 Å². The first-order valence-corrected chi connectivity index (χ1v) is 6.10. The van der Waals surface area contributed by atoms with Crippen LogP contribution < -0.4 is 11.1 Å². The van der Waals surface area contributed by atoms with E-state index in [0.717, 1.165) is 18.7 Å². The molecule has 1 rings (SSSR count). The van der Waals surface area contributed by atoms with Gasteiger partial charge in [0.2, 0.25) is 5.91 Å². The molecule has 0 spiro atoms. The Morgan fingerprint density at radius 2 is 2.24 bits per heavy atom. The van der Waals surface area contributed by atoms with Gasteiger partial charge in [0.25, 0.3) is 0 Å². The van der Waals surface area contributed by atoms with Crippen molar-refractivity contribution in [3.05, 3.63) is 18.2 Å². The van der Waals surface area contributed by atoms with Crippen molar-refractivity contribution in [3.63, 3.8) is 0 Å². The summed E-state index contributed by atoms with van der Waals surface area (Å²) in [7, 11) is 0. The van der Waals surface area contributed by atoms with E-state index in [1.54, 1.807) is 12.4 Å². The van der Waals surface area contributed by atoms with Gasteiger partial charge in [-0.1, -0.05) is 13.8 Å². The van der Waals surface area contributed by atoms with Crippen LogP contribution in [-0.4, -0.2) is 22.4 Å². The van der Waals surface area contributed by atoms with Crippen LogP contribution >= 0.6 is 0 Å². The van der Waals surface area contributed by atoms with Gasteiger partial charge in [-0.25, -0.2) is 4.98 Å². The fourth-order valence-electron chi connectivity index (χ4n) is 1.88. The van der Waals surface area contributed by atoms with Gasteiger partial charge in [-0.05, 0) is 19.8 Å². The molecule has 0 saturated heterocycles. The van der Waals surface area contributed by atoms with E-state index in [9.17, 15) is 4.79 Å². The summed E-state index contributed by atoms with van der Waals surface area (Å²) in [4.78, 5) is 19.3. The molecule has 1 heterocycles. The number of hydrogen-bond acceptors (Lipinski definition) is 3. The summed E-state index contributed by atoms with van der Waals surface area (Å²) in [6.45, 7) is 6.26. The van der Waals surface area contributed by atoms with Crippen molar-refractivity contribution in [1.29, 1.82) is 0 Å². The van der Waals surface area contributed by atoms with Crippen molar-refractivity contribution < 1.29 is 4.79 Å². The quantitative estimate of drug-likeness (QED) is 0.699. The molecule has 1 atom stereocenters. The number of carbonyl (C=O) groups excluding carboxylic acids is 1. The van der Waals surface area contributed by atoms with Crippen LogP contribution in [0.3, 0.4) is 0 Å². The standard InChI is InChI=1S/C12H22N4O/c1-4-12(5-2,8-13)11(17)16-9(3)10-14-6-7-15-10/h6-7,9H,4-5,8,13H2,1-3H3,(H,14,15)(H,16,17). The smallest absolute Gasteiger partial charge is 0.228 e. The van der Waals surface area contributed by atoms with Crippen LogP contribution in [0.2, 0.25) is 0 Å². The lowest BCUT2D eigenvalue weighted by molar-refractivity contribution is -0.131. The molecule has 5 heteroatoms. The molecule has 1 amide bonds. The summed E-state index contributed by atoms with van der Waals surface area (Å²) in [6, 6.07) is -0.124. The number of amides is 1. The molecular weight excluding hydrogens is 216 g/mol. The molecule has 0 aromatic carbocycles. The lowest BCUT2D eigenvalue weighted by Crippen LogP contribution is -2.46. The van der Waals surface area contributed by atoms with E-state index in [1.807, 2.05) is 20.8 Å². The molecule has 0 aliphatic heterocycles. The molecule has 1 unspecified atom stereocenters. The van der Waals surface area contributed by atoms with Crippen molar-refractivity contribution in [1.82, 2.24) is 15.3 Å². The van der Waals surface area contributed by atoms with E-state index < -0.39 is 5.41 Å². The van der Waals surface area contributed by atoms with E-state index >= 15 is 0 Å². The third kappa shape index (κ3) is 2.85. The molecule has 0 radical (unpaired) electrons. The first-order chi connectivity index (χ1) is 8.09. The Morgan fingerprint density at radius 1 is 1.59 bits per heavy atom. The molecule has 1 aromatic heterocycles. The Kier molecular flexibility index (Phi) is 4.69. The summed E-state index contributed by atoms with van der Waals surface area (Å²) >= 11 is 0. The van der Waals surface area contributed by atoms with Crippen molar-refractivity contribution in [3.8, 4) is 0 Å². The zero-order valence-corrected chi connectivity index (χ0v) is 10.8. The second-order valence-corrected chi connectivity index (χ2v) is 4.36. The number of nitrogens with zero attached hydrogens (tertiary/aromatic N) is 1. The zero-order chi connectivity index (χ0) is 12.9. The van der Waals surface area contributed by atoms with E-state index in [4.69, 9.17) is 5.73 Å². The second kappa shape index (κ2) is 5.82. The molecule has 17 heavy (non-hydrogen) atoms. The first-order valence-electron chi connectivity index (χ1n) is 6.10. The molecular formula is C12H22N4O. The van der Waals surface area contributed by atoms with E-state index in [-0.39, 0.29) is 11.9 Å². The summed E-state index contributed by atoms with van der Waals surface area (Å²) in [6.07, 6.45) is 4.91. The predicted octanol–water partition coefficient (Wildman–Crippen LogP) is 1.35. The average molecular weight is 238 g/mol. The first kappa shape index (κ1) is 13.7. The van der Waals surface area contributed by atoms with Gasteiger partial charge >= 0.3 is 0 Å². The highest BCUT2D eigenvalue weighted by atomic mass is 16.2. The van der Waals surface area contributed by atoms with Gasteiger partial charge in [0, 0.05) is 18.9 Å². The van der Waals surface area contributed by atoms with Gasteiger partial charge in [-0.3, -0.25) is 4.79 Å². The second-order valence-electron chi connectivity index (χ2n) is 4.36. The number of carbonyl (C=O) groups is 1. The molecule has 0 aliphatic rings. The number of H-pyrrole nitrogens is 1. The molecule has 0 bridgehead atoms. The highest BCUT2D eigenvalue weighted by molar-refractivity contribution is 5.83. The number of nitrogens with two attached hydrogens (primary N) is 1.